The Balaban J connectivity index is 1.38. The molecule has 5 aliphatic rings. The van der Waals surface area contributed by atoms with Gasteiger partial charge in [-0.05, 0) is 62.6 Å². The van der Waals surface area contributed by atoms with Crippen LogP contribution in [0.25, 0.3) is 0 Å². The molecule has 3 aliphatic heterocycles. The molecule has 1 aromatic carbocycles. The van der Waals surface area contributed by atoms with Gasteiger partial charge in [0.15, 0.2) is 0 Å². The van der Waals surface area contributed by atoms with Crippen LogP contribution in [-0.2, 0) is 14.4 Å². The van der Waals surface area contributed by atoms with Gasteiger partial charge in [-0.15, -0.1) is 0 Å². The van der Waals surface area contributed by atoms with Crippen molar-refractivity contribution in [3.05, 3.63) is 29.3 Å². The number of fused-ring (bicyclic) bond motifs is 3. The Labute approximate surface area is 231 Å². The van der Waals surface area contributed by atoms with Crippen LogP contribution >= 0.6 is 11.6 Å². The van der Waals surface area contributed by atoms with Gasteiger partial charge in [0.25, 0.3) is 5.92 Å². The van der Waals surface area contributed by atoms with E-state index in [-0.39, 0.29) is 24.7 Å². The first-order chi connectivity index (χ1) is 18.7. The van der Waals surface area contributed by atoms with E-state index in [1.165, 1.54) is 4.90 Å². The summed E-state index contributed by atoms with van der Waals surface area (Å²) < 4.78 is 30.3. The molecule has 8 nitrogen and oxygen atoms in total. The maximum absolute atomic E-state index is 15.1. The third-order valence-electron chi connectivity index (χ3n) is 8.58. The van der Waals surface area contributed by atoms with Gasteiger partial charge < -0.3 is 20.9 Å². The van der Waals surface area contributed by atoms with E-state index >= 15 is 8.78 Å². The normalized spacial score (nSPS) is 29.1. The quantitative estimate of drug-likeness (QED) is 0.424. The summed E-state index contributed by atoms with van der Waals surface area (Å²) in [5.74, 6) is -5.83. The zero-order valence-corrected chi connectivity index (χ0v) is 22.4. The number of rotatable bonds is 9. The van der Waals surface area contributed by atoms with Gasteiger partial charge in [0.2, 0.25) is 17.7 Å². The smallest absolute Gasteiger partial charge is 0.255 e. The molecular weight excluding hydrogens is 528 g/mol. The zero-order valence-electron chi connectivity index (χ0n) is 21.7. The molecule has 5 fully saturated rings. The lowest BCUT2D eigenvalue weighted by atomic mass is 9.71. The fourth-order valence-electron chi connectivity index (χ4n) is 6.44. The molecule has 6 rings (SSSR count). The predicted molar refractivity (Wildman–Crippen MR) is 141 cm³/mol. The molecule has 3 heterocycles. The van der Waals surface area contributed by atoms with Crippen molar-refractivity contribution in [2.45, 2.75) is 87.9 Å². The van der Waals surface area contributed by atoms with Crippen molar-refractivity contribution in [3.63, 3.8) is 0 Å². The summed E-state index contributed by atoms with van der Waals surface area (Å²) >= 11 is 6.14. The van der Waals surface area contributed by atoms with Crippen molar-refractivity contribution >= 4 is 35.0 Å². The molecule has 0 radical (unpaired) electrons. The number of piperidine rings is 3. The van der Waals surface area contributed by atoms with Crippen LogP contribution in [0, 0.1) is 29.1 Å². The van der Waals surface area contributed by atoms with Gasteiger partial charge in [-0.3, -0.25) is 14.4 Å². The fraction of sp³-hybridized carbons (Fsp3) is 0.643. The Hall–Kier alpha value is -2.93. The number of hydrogen-bond donors (Lipinski definition) is 3. The first kappa shape index (κ1) is 27.6. The lowest BCUT2D eigenvalue weighted by molar-refractivity contribution is -0.194. The van der Waals surface area contributed by atoms with Crippen LogP contribution in [0.1, 0.15) is 57.8 Å². The van der Waals surface area contributed by atoms with E-state index in [1.54, 1.807) is 24.3 Å². The minimum absolute atomic E-state index is 0.0971. The van der Waals surface area contributed by atoms with Gasteiger partial charge in [-0.1, -0.05) is 30.5 Å². The number of anilines is 1. The summed E-state index contributed by atoms with van der Waals surface area (Å²) in [5, 5.41) is 18.9. The molecule has 39 heavy (non-hydrogen) atoms. The zero-order chi connectivity index (χ0) is 27.7. The second kappa shape index (κ2) is 11.3. The first-order valence-corrected chi connectivity index (χ1v) is 14.2. The van der Waals surface area contributed by atoms with Crippen molar-refractivity contribution in [1.29, 1.82) is 5.26 Å². The van der Waals surface area contributed by atoms with Gasteiger partial charge in [0.05, 0.1) is 12.0 Å². The molecule has 1 aromatic rings. The molecule has 2 aliphatic carbocycles. The summed E-state index contributed by atoms with van der Waals surface area (Å²) in [6, 6.07) is 5.10. The number of carbonyl (C=O) groups excluding carboxylic acids is 3. The number of carbonyl (C=O) groups is 3. The third-order valence-corrected chi connectivity index (χ3v) is 8.82. The van der Waals surface area contributed by atoms with Gasteiger partial charge >= 0.3 is 0 Å². The summed E-state index contributed by atoms with van der Waals surface area (Å²) in [6.45, 7) is 0.571. The minimum Gasteiger partial charge on any atom is -0.374 e. The summed E-state index contributed by atoms with van der Waals surface area (Å²) in [7, 11) is 0. The number of nitrogens with zero attached hydrogens (tertiary/aromatic N) is 2. The number of nitrogens with one attached hydrogen (secondary N) is 3. The summed E-state index contributed by atoms with van der Waals surface area (Å²) in [5.41, 5.74) is 0.644. The van der Waals surface area contributed by atoms with Crippen molar-refractivity contribution in [3.8, 4) is 6.07 Å². The molecule has 0 aromatic heterocycles. The van der Waals surface area contributed by atoms with Crippen LogP contribution in [0.4, 0.5) is 14.5 Å². The average molecular weight is 562 g/mol. The van der Waals surface area contributed by atoms with E-state index in [2.05, 4.69) is 16.0 Å². The highest BCUT2D eigenvalue weighted by molar-refractivity contribution is 6.30. The number of halogens is 3. The van der Waals surface area contributed by atoms with Gasteiger partial charge in [0.1, 0.15) is 18.1 Å². The molecule has 3 saturated heterocycles. The van der Waals surface area contributed by atoms with E-state index in [0.29, 0.717) is 42.4 Å². The first-order valence-electron chi connectivity index (χ1n) is 13.9. The second-order valence-corrected chi connectivity index (χ2v) is 11.9. The molecule has 6 atom stereocenters. The third kappa shape index (κ3) is 6.13. The van der Waals surface area contributed by atoms with Crippen LogP contribution in [0.5, 0.6) is 0 Å². The largest absolute Gasteiger partial charge is 0.374 e. The van der Waals surface area contributed by atoms with Crippen molar-refractivity contribution in [2.75, 3.05) is 11.9 Å². The highest BCUT2D eigenvalue weighted by atomic mass is 35.5. The number of benzene rings is 1. The van der Waals surface area contributed by atoms with Crippen molar-refractivity contribution in [1.82, 2.24) is 15.5 Å². The fourth-order valence-corrected chi connectivity index (χ4v) is 6.63. The molecular formula is C28H34ClF2N5O3. The van der Waals surface area contributed by atoms with E-state index < -0.39 is 54.3 Å². The SMILES string of the molecule is N#C[C@@H](C[C@H]1CCCNC1=O)NC(=O)[C@@H]1[C@H]2CC[C@H](CC2(F)F)N1C(=O)[C@H](CC1CC1)Nc1cccc(Cl)c1. The van der Waals surface area contributed by atoms with Gasteiger partial charge in [-0.25, -0.2) is 8.78 Å². The second-order valence-electron chi connectivity index (χ2n) is 11.4. The molecule has 2 bridgehead atoms. The predicted octanol–water partition coefficient (Wildman–Crippen LogP) is 3.86. The van der Waals surface area contributed by atoms with Crippen LogP contribution in [0.2, 0.25) is 5.02 Å². The van der Waals surface area contributed by atoms with Gasteiger partial charge in [-0.2, -0.15) is 5.26 Å². The Morgan fingerprint density at radius 1 is 1.21 bits per heavy atom. The van der Waals surface area contributed by atoms with Crippen LogP contribution < -0.4 is 16.0 Å². The molecule has 11 heteroatoms. The lowest BCUT2D eigenvalue weighted by Crippen LogP contribution is -2.70. The number of nitriles is 1. The van der Waals surface area contributed by atoms with E-state index in [4.69, 9.17) is 11.6 Å². The number of alkyl halides is 2. The Kier molecular flexibility index (Phi) is 7.99. The van der Waals surface area contributed by atoms with E-state index in [1.807, 2.05) is 6.07 Å². The Bertz CT molecular complexity index is 1160. The Morgan fingerprint density at radius 2 is 2.00 bits per heavy atom. The van der Waals surface area contributed by atoms with Crippen molar-refractivity contribution < 1.29 is 23.2 Å². The van der Waals surface area contributed by atoms with E-state index in [9.17, 15) is 19.6 Å². The maximum Gasteiger partial charge on any atom is 0.255 e. The minimum atomic E-state index is -3.10. The molecule has 2 saturated carbocycles. The van der Waals surface area contributed by atoms with Gasteiger partial charge in [0, 0.05) is 35.6 Å². The molecule has 0 unspecified atom stereocenters. The lowest BCUT2D eigenvalue weighted by Gasteiger charge is -2.54. The summed E-state index contributed by atoms with van der Waals surface area (Å²) in [4.78, 5) is 41.3. The van der Waals surface area contributed by atoms with Crippen LogP contribution in [0.15, 0.2) is 24.3 Å². The van der Waals surface area contributed by atoms with Crippen LogP contribution in [0.3, 0.4) is 0 Å². The topological polar surface area (TPSA) is 114 Å². The highest BCUT2D eigenvalue weighted by Gasteiger charge is 2.61. The molecule has 3 N–H and O–H groups in total. The number of amides is 3. The highest BCUT2D eigenvalue weighted by Crippen LogP contribution is 2.49. The van der Waals surface area contributed by atoms with Crippen molar-refractivity contribution in [2.24, 2.45) is 17.8 Å². The molecule has 210 valence electrons. The Morgan fingerprint density at radius 3 is 2.67 bits per heavy atom. The number of hydrogen-bond acceptors (Lipinski definition) is 5. The standard InChI is InChI=1S/C28H34ClF2N5O3/c29-18-4-1-5-19(13-18)34-23(11-16-6-7-16)27(39)36-21-8-9-22(28(30,31)14-21)24(36)26(38)35-20(15-32)12-17-3-2-10-33-25(17)37/h1,4-5,13,16-17,20-24,34H,2-3,6-12,14H2,(H,33,37)(H,35,38)/t17-,20-,21-,22-,23+,24+/m1/s1. The average Bonchev–Trinajstić information content (AvgIpc) is 3.72. The monoisotopic (exact) mass is 561 g/mol. The van der Waals surface area contributed by atoms with Crippen LogP contribution in [-0.4, -0.2) is 59.3 Å². The molecule has 3 amide bonds. The molecule has 0 spiro atoms. The van der Waals surface area contributed by atoms with E-state index in [0.717, 1.165) is 19.3 Å². The maximum atomic E-state index is 15.1. The summed E-state index contributed by atoms with van der Waals surface area (Å²) in [6.07, 6.45) is 4.01.